The Labute approximate surface area is 217 Å². The van der Waals surface area contributed by atoms with Crippen molar-refractivity contribution in [3.8, 4) is 22.2 Å². The molecule has 0 spiro atoms. The maximum absolute atomic E-state index is 6.70. The van der Waals surface area contributed by atoms with Crippen molar-refractivity contribution in [2.75, 3.05) is 43.4 Å². The van der Waals surface area contributed by atoms with Crippen LogP contribution < -0.4 is 15.0 Å². The SMILES string of the molecule is Cc1cc2c(Cl)c(Oc3cc(Nc4cc(-c5cccs5)[nH]n4)nc(N4CCN(C)CC4)n3)ccc2[nH]1. The van der Waals surface area contributed by atoms with Crippen molar-refractivity contribution in [1.29, 1.82) is 0 Å². The third-order valence-corrected chi connectivity index (χ3v) is 7.44. The Morgan fingerprint density at radius 2 is 1.92 bits per heavy atom. The van der Waals surface area contributed by atoms with Gasteiger partial charge in [0.25, 0.3) is 0 Å². The Morgan fingerprint density at radius 3 is 2.72 bits per heavy atom. The van der Waals surface area contributed by atoms with Gasteiger partial charge in [-0.2, -0.15) is 15.1 Å². The number of hydrogen-bond acceptors (Lipinski definition) is 8. The summed E-state index contributed by atoms with van der Waals surface area (Å²) in [7, 11) is 2.12. The number of likely N-dealkylation sites (N-methyl/N-ethyl adjacent to an activating group) is 1. The van der Waals surface area contributed by atoms with Crippen molar-refractivity contribution < 1.29 is 4.74 Å². The number of nitrogens with one attached hydrogen (secondary N) is 3. The number of nitrogens with zero attached hydrogens (tertiary/aromatic N) is 5. The third-order valence-electron chi connectivity index (χ3n) is 6.15. The normalized spacial score (nSPS) is 14.5. The smallest absolute Gasteiger partial charge is 0.230 e. The molecular weight excluding hydrogens is 496 g/mol. The second kappa shape index (κ2) is 9.45. The molecule has 3 N–H and O–H groups in total. The molecule has 1 aliphatic rings. The summed E-state index contributed by atoms with van der Waals surface area (Å²) < 4.78 is 6.22. The number of ether oxygens (including phenoxy) is 1. The van der Waals surface area contributed by atoms with Crippen LogP contribution in [0.15, 0.2) is 47.8 Å². The molecular formula is C25H25ClN8OS. The summed E-state index contributed by atoms with van der Waals surface area (Å²) in [5.74, 6) is 2.80. The van der Waals surface area contributed by atoms with Gasteiger partial charge in [-0.3, -0.25) is 5.10 Å². The largest absolute Gasteiger partial charge is 0.437 e. The van der Waals surface area contributed by atoms with Gasteiger partial charge in [-0.25, -0.2) is 0 Å². The van der Waals surface area contributed by atoms with E-state index in [-0.39, 0.29) is 0 Å². The van der Waals surface area contributed by atoms with Crippen LogP contribution in [0.4, 0.5) is 17.6 Å². The molecule has 0 radical (unpaired) electrons. The molecule has 0 saturated carbocycles. The second-order valence-electron chi connectivity index (χ2n) is 8.84. The van der Waals surface area contributed by atoms with Crippen LogP contribution in [0, 0.1) is 6.92 Å². The van der Waals surface area contributed by atoms with Gasteiger partial charge in [0.15, 0.2) is 5.82 Å². The topological polar surface area (TPSA) is 98.0 Å². The second-order valence-corrected chi connectivity index (χ2v) is 10.2. The molecule has 184 valence electrons. The number of anilines is 3. The molecule has 0 atom stereocenters. The van der Waals surface area contributed by atoms with Crippen LogP contribution in [-0.4, -0.2) is 63.3 Å². The van der Waals surface area contributed by atoms with E-state index in [1.165, 1.54) is 0 Å². The number of aromatic amines is 2. The summed E-state index contributed by atoms with van der Waals surface area (Å²) in [4.78, 5) is 18.4. The van der Waals surface area contributed by atoms with Crippen LogP contribution in [-0.2, 0) is 0 Å². The Kier molecular flexibility index (Phi) is 6.00. The minimum atomic E-state index is 0.406. The van der Waals surface area contributed by atoms with Crippen LogP contribution in [0.1, 0.15) is 5.69 Å². The average Bonchev–Trinajstić information content (AvgIpc) is 3.62. The van der Waals surface area contributed by atoms with Crippen LogP contribution >= 0.6 is 22.9 Å². The van der Waals surface area contributed by atoms with E-state index < -0.39 is 0 Å². The molecule has 9 nitrogen and oxygen atoms in total. The minimum absolute atomic E-state index is 0.406. The average molecular weight is 521 g/mol. The molecule has 5 aromatic rings. The number of hydrogen-bond donors (Lipinski definition) is 3. The number of aromatic nitrogens is 5. The van der Waals surface area contributed by atoms with Crippen molar-refractivity contribution in [2.24, 2.45) is 0 Å². The number of rotatable bonds is 6. The van der Waals surface area contributed by atoms with Crippen molar-refractivity contribution in [2.45, 2.75) is 6.92 Å². The Bertz CT molecular complexity index is 1500. The molecule has 0 unspecified atom stereocenters. The fraction of sp³-hybridized carbons (Fsp3) is 0.240. The van der Waals surface area contributed by atoms with Gasteiger partial charge in [-0.1, -0.05) is 17.7 Å². The highest BCUT2D eigenvalue weighted by molar-refractivity contribution is 7.13. The number of aryl methyl sites for hydroxylation is 1. The summed E-state index contributed by atoms with van der Waals surface area (Å²) in [6.45, 7) is 5.55. The minimum Gasteiger partial charge on any atom is -0.437 e. The molecule has 11 heteroatoms. The fourth-order valence-corrected chi connectivity index (χ4v) is 5.18. The van der Waals surface area contributed by atoms with Gasteiger partial charge in [-0.05, 0) is 43.6 Å². The molecule has 0 amide bonds. The number of benzene rings is 1. The van der Waals surface area contributed by atoms with Crippen LogP contribution in [0.5, 0.6) is 11.6 Å². The quantitative estimate of drug-likeness (QED) is 0.266. The fourth-order valence-electron chi connectivity index (χ4n) is 4.23. The number of piperazine rings is 1. The van der Waals surface area contributed by atoms with Gasteiger partial charge < -0.3 is 24.8 Å². The van der Waals surface area contributed by atoms with E-state index in [4.69, 9.17) is 26.3 Å². The monoisotopic (exact) mass is 520 g/mol. The van der Waals surface area contributed by atoms with Crippen molar-refractivity contribution in [1.82, 2.24) is 30.0 Å². The molecule has 5 heterocycles. The van der Waals surface area contributed by atoms with E-state index in [1.54, 1.807) is 17.4 Å². The molecule has 1 fully saturated rings. The van der Waals surface area contributed by atoms with Gasteiger partial charge in [0.1, 0.15) is 11.6 Å². The lowest BCUT2D eigenvalue weighted by Gasteiger charge is -2.32. The first-order chi connectivity index (χ1) is 17.5. The predicted octanol–water partition coefficient (Wildman–Crippen LogP) is 5.66. The van der Waals surface area contributed by atoms with Gasteiger partial charge in [0.05, 0.1) is 15.6 Å². The zero-order chi connectivity index (χ0) is 24.6. The summed E-state index contributed by atoms with van der Waals surface area (Å²) in [5, 5.41) is 14.3. The molecule has 4 aromatic heterocycles. The van der Waals surface area contributed by atoms with E-state index in [1.807, 2.05) is 42.6 Å². The highest BCUT2D eigenvalue weighted by Gasteiger charge is 2.20. The molecule has 6 rings (SSSR count). The summed E-state index contributed by atoms with van der Waals surface area (Å²) in [6, 6.07) is 13.6. The zero-order valence-corrected chi connectivity index (χ0v) is 21.5. The number of H-pyrrole nitrogens is 2. The maximum atomic E-state index is 6.70. The molecule has 1 aliphatic heterocycles. The Balaban J connectivity index is 1.33. The Hall–Kier alpha value is -3.60. The van der Waals surface area contributed by atoms with Crippen molar-refractivity contribution in [3.05, 3.63) is 58.6 Å². The lowest BCUT2D eigenvalue weighted by Crippen LogP contribution is -2.45. The lowest BCUT2D eigenvalue weighted by molar-refractivity contribution is 0.310. The molecule has 0 bridgehead atoms. The summed E-state index contributed by atoms with van der Waals surface area (Å²) in [6.07, 6.45) is 0. The predicted molar refractivity (Wildman–Crippen MR) is 145 cm³/mol. The van der Waals surface area contributed by atoms with E-state index in [9.17, 15) is 0 Å². The maximum Gasteiger partial charge on any atom is 0.230 e. The van der Waals surface area contributed by atoms with Crippen LogP contribution in [0.25, 0.3) is 21.5 Å². The first-order valence-corrected chi connectivity index (χ1v) is 12.9. The van der Waals surface area contributed by atoms with Crippen LogP contribution in [0.3, 0.4) is 0 Å². The summed E-state index contributed by atoms with van der Waals surface area (Å²) >= 11 is 8.35. The first-order valence-electron chi connectivity index (χ1n) is 11.7. The van der Waals surface area contributed by atoms with E-state index >= 15 is 0 Å². The van der Waals surface area contributed by atoms with Gasteiger partial charge >= 0.3 is 0 Å². The molecule has 1 aromatic carbocycles. The van der Waals surface area contributed by atoms with Crippen molar-refractivity contribution in [3.63, 3.8) is 0 Å². The van der Waals surface area contributed by atoms with Crippen LogP contribution in [0.2, 0.25) is 5.02 Å². The Morgan fingerprint density at radius 1 is 1.06 bits per heavy atom. The highest BCUT2D eigenvalue weighted by atomic mass is 35.5. The van der Waals surface area contributed by atoms with Gasteiger partial charge in [0, 0.05) is 54.9 Å². The standard InChI is InChI=1S/C25H25ClN8OS/c1-15-12-16-17(27-15)5-6-19(24(16)26)35-23-14-21(29-25(30-23)34-9-7-33(2)8-10-34)28-22-13-18(31-32-22)20-4-3-11-36-20/h3-6,11-14,27H,7-10H2,1-2H3,(H2,28,29,30,31,32). The van der Waals surface area contributed by atoms with Crippen molar-refractivity contribution >= 4 is 51.4 Å². The number of halogens is 1. The molecule has 1 saturated heterocycles. The van der Waals surface area contributed by atoms with E-state index in [0.29, 0.717) is 34.2 Å². The lowest BCUT2D eigenvalue weighted by atomic mass is 10.2. The van der Waals surface area contributed by atoms with Gasteiger partial charge in [-0.15, -0.1) is 11.3 Å². The zero-order valence-electron chi connectivity index (χ0n) is 19.9. The first kappa shape index (κ1) is 22.8. The number of fused-ring (bicyclic) bond motifs is 1. The number of thiophene rings is 1. The van der Waals surface area contributed by atoms with E-state index in [2.05, 4.69) is 43.4 Å². The molecule has 0 aliphatic carbocycles. The van der Waals surface area contributed by atoms with Gasteiger partial charge in [0.2, 0.25) is 11.8 Å². The highest BCUT2D eigenvalue weighted by Crippen LogP contribution is 2.36. The summed E-state index contributed by atoms with van der Waals surface area (Å²) in [5.41, 5.74) is 2.95. The van der Waals surface area contributed by atoms with E-state index in [0.717, 1.165) is 53.3 Å². The third kappa shape index (κ3) is 4.62. The molecule has 36 heavy (non-hydrogen) atoms.